The van der Waals surface area contributed by atoms with Crippen molar-refractivity contribution in [2.24, 2.45) is 0 Å². The summed E-state index contributed by atoms with van der Waals surface area (Å²) in [6.45, 7) is 0.321. The molecule has 0 aliphatic rings. The average Bonchev–Trinajstić information content (AvgIpc) is 2.62. The molecule has 150 valence electrons. The molecule has 0 amide bonds. The summed E-state index contributed by atoms with van der Waals surface area (Å²) in [7, 11) is 0. The number of carbonyl (C=O) groups excluding carboxylic acids is 2. The van der Waals surface area contributed by atoms with Gasteiger partial charge in [0.1, 0.15) is 24.6 Å². The average molecular weight is 410 g/mol. The molecule has 2 rings (SSSR count). The van der Waals surface area contributed by atoms with E-state index in [-0.39, 0.29) is 73.8 Å². The molecule has 9 heteroatoms. The van der Waals surface area contributed by atoms with Gasteiger partial charge in [-0.15, -0.1) is 0 Å². The molecule has 8 nitrogen and oxygen atoms in total. The Balaban J connectivity index is 0.00000420. The molecule has 3 N–H and O–H groups in total. The van der Waals surface area contributed by atoms with Crippen LogP contribution in [0.4, 0.5) is 0 Å². The van der Waals surface area contributed by atoms with E-state index >= 15 is 0 Å². The van der Waals surface area contributed by atoms with Crippen molar-refractivity contribution in [1.82, 2.24) is 4.90 Å². The minimum Gasteiger partial charge on any atom is -0.549 e. The van der Waals surface area contributed by atoms with Gasteiger partial charge in [-0.1, -0.05) is 30.3 Å². The van der Waals surface area contributed by atoms with Gasteiger partial charge in [-0.05, 0) is 18.2 Å². The van der Waals surface area contributed by atoms with Gasteiger partial charge in [0.25, 0.3) is 0 Å². The van der Waals surface area contributed by atoms with Crippen LogP contribution in [0.2, 0.25) is 0 Å². The van der Waals surface area contributed by atoms with Gasteiger partial charge < -0.3 is 34.9 Å². The van der Waals surface area contributed by atoms with Crippen LogP contribution in [0.25, 0.3) is 0 Å². The normalized spacial score (nSPS) is 11.6. The number of quaternary nitrogens is 1. The third-order valence-electron chi connectivity index (χ3n) is 4.35. The second-order valence-corrected chi connectivity index (χ2v) is 6.57. The Morgan fingerprint density at radius 1 is 0.897 bits per heavy atom. The molecule has 0 spiro atoms. The van der Waals surface area contributed by atoms with Crippen LogP contribution < -0.4 is 44.7 Å². The van der Waals surface area contributed by atoms with Crippen molar-refractivity contribution in [3.63, 3.8) is 0 Å². The molecule has 0 radical (unpaired) electrons. The number of carbonyl (C=O) groups is 2. The maximum Gasteiger partial charge on any atom is 1.00 e. The van der Waals surface area contributed by atoms with Crippen molar-refractivity contribution in [2.45, 2.75) is 13.1 Å². The number of nitrogens with zero attached hydrogens (tertiary/aromatic N) is 1. The fourth-order valence-electron chi connectivity index (χ4n) is 2.97. The molecule has 0 aliphatic heterocycles. The number of phenolic OH excluding ortho intramolecular Hbond substituents is 2. The number of carboxylic acids is 2. The van der Waals surface area contributed by atoms with Gasteiger partial charge in [0.05, 0.1) is 18.5 Å². The number of aliphatic carboxylic acids is 2. The van der Waals surface area contributed by atoms with Crippen molar-refractivity contribution < 1.29 is 64.5 Å². The zero-order chi connectivity index (χ0) is 20.5. The van der Waals surface area contributed by atoms with Crippen LogP contribution in [-0.4, -0.2) is 53.2 Å². The first-order valence-electron chi connectivity index (χ1n) is 8.84. The van der Waals surface area contributed by atoms with E-state index in [1.54, 1.807) is 41.3 Å². The van der Waals surface area contributed by atoms with Crippen molar-refractivity contribution in [2.75, 3.05) is 26.2 Å². The molecular weight excluding hydrogens is 387 g/mol. The summed E-state index contributed by atoms with van der Waals surface area (Å²) in [5.41, 5.74) is 1.15. The molecular formula is C20H23N2NaO6. The molecule has 29 heavy (non-hydrogen) atoms. The predicted molar refractivity (Wildman–Crippen MR) is 95.9 cm³/mol. The van der Waals surface area contributed by atoms with Crippen LogP contribution in [0.3, 0.4) is 0 Å². The number of carboxylic acid groups (broad SMARTS) is 2. The van der Waals surface area contributed by atoms with Crippen molar-refractivity contribution in [3.8, 4) is 11.5 Å². The smallest absolute Gasteiger partial charge is 0.549 e. The van der Waals surface area contributed by atoms with Crippen molar-refractivity contribution in [3.05, 3.63) is 59.7 Å². The fourth-order valence-corrected chi connectivity index (χ4v) is 2.97. The SMILES string of the molecule is O=C([O-])CN(CC[NH+](CC(=O)[O-])Cc1ccccc1O)Cc1ccccc1O.[Na+]. The molecule has 0 saturated carbocycles. The fraction of sp³-hybridized carbons (Fsp3) is 0.300. The first-order chi connectivity index (χ1) is 13.3. The molecule has 0 bridgehead atoms. The van der Waals surface area contributed by atoms with Gasteiger partial charge in [0.2, 0.25) is 0 Å². The number of para-hydroxylation sites is 2. The van der Waals surface area contributed by atoms with E-state index in [0.717, 1.165) is 0 Å². The van der Waals surface area contributed by atoms with E-state index in [9.17, 15) is 30.0 Å². The van der Waals surface area contributed by atoms with Crippen LogP contribution in [0.15, 0.2) is 48.5 Å². The molecule has 0 saturated heterocycles. The number of nitrogens with one attached hydrogen (secondary N) is 1. The maximum atomic E-state index is 11.1. The van der Waals surface area contributed by atoms with E-state index in [4.69, 9.17) is 0 Å². The number of aromatic hydroxyl groups is 2. The monoisotopic (exact) mass is 410 g/mol. The third-order valence-corrected chi connectivity index (χ3v) is 4.35. The molecule has 0 aromatic heterocycles. The van der Waals surface area contributed by atoms with Gasteiger partial charge in [0.15, 0.2) is 0 Å². The molecule has 0 aliphatic carbocycles. The first-order valence-corrected chi connectivity index (χ1v) is 8.84. The summed E-state index contributed by atoms with van der Waals surface area (Å²) in [4.78, 5) is 24.3. The van der Waals surface area contributed by atoms with E-state index in [1.807, 2.05) is 0 Å². The maximum absolute atomic E-state index is 11.1. The summed E-state index contributed by atoms with van der Waals surface area (Å²) >= 11 is 0. The topological polar surface area (TPSA) is 128 Å². The van der Waals surface area contributed by atoms with E-state index < -0.39 is 11.9 Å². The Labute approximate surface area is 191 Å². The van der Waals surface area contributed by atoms with E-state index in [2.05, 4.69) is 0 Å². The quantitative estimate of drug-likeness (QED) is 0.315. The zero-order valence-corrected chi connectivity index (χ0v) is 18.3. The summed E-state index contributed by atoms with van der Waals surface area (Å²) in [5, 5.41) is 42.0. The number of rotatable bonds is 11. The molecule has 0 heterocycles. The number of phenols is 2. The zero-order valence-electron chi connectivity index (χ0n) is 16.3. The van der Waals surface area contributed by atoms with Gasteiger partial charge in [0, 0.05) is 30.8 Å². The molecule has 2 aromatic carbocycles. The molecule has 0 fully saturated rings. The third kappa shape index (κ3) is 8.84. The largest absolute Gasteiger partial charge is 1.00 e. The summed E-state index contributed by atoms with van der Waals surface area (Å²) in [6.07, 6.45) is 0. The summed E-state index contributed by atoms with van der Waals surface area (Å²) in [5.74, 6) is -2.38. The summed E-state index contributed by atoms with van der Waals surface area (Å²) in [6, 6.07) is 13.2. The van der Waals surface area contributed by atoms with Crippen LogP contribution >= 0.6 is 0 Å². The van der Waals surface area contributed by atoms with E-state index in [0.29, 0.717) is 22.6 Å². The molecule has 1 atom stereocenters. The minimum atomic E-state index is -1.27. The first kappa shape index (κ1) is 24.9. The van der Waals surface area contributed by atoms with Crippen LogP contribution in [0.1, 0.15) is 11.1 Å². The van der Waals surface area contributed by atoms with Crippen LogP contribution in [-0.2, 0) is 22.7 Å². The Morgan fingerprint density at radius 2 is 1.45 bits per heavy atom. The Morgan fingerprint density at radius 3 is 1.97 bits per heavy atom. The number of hydrogen-bond acceptors (Lipinski definition) is 7. The summed E-state index contributed by atoms with van der Waals surface area (Å²) < 4.78 is 0. The minimum absolute atomic E-state index is 0. The second kappa shape index (κ2) is 12.5. The predicted octanol–water partition coefficient (Wildman–Crippen LogP) is -5.51. The standard InChI is InChI=1S/C20H24N2O6.Na/c23-17-7-3-1-5-15(17)11-21(13-19(25)26)9-10-22(14-20(27)28)12-16-6-2-4-8-18(16)24;/h1-8,23-24H,9-14H2,(H,25,26)(H,27,28);/q;+1/p-1. The number of benzene rings is 2. The van der Waals surface area contributed by atoms with Gasteiger partial charge in [-0.25, -0.2) is 0 Å². The van der Waals surface area contributed by atoms with E-state index in [1.165, 1.54) is 12.1 Å². The van der Waals surface area contributed by atoms with Gasteiger partial charge >= 0.3 is 29.6 Å². The molecule has 1 unspecified atom stereocenters. The Hall–Kier alpha value is -2.10. The Kier molecular flexibility index (Phi) is 10.7. The van der Waals surface area contributed by atoms with Gasteiger partial charge in [-0.2, -0.15) is 0 Å². The molecule has 2 aromatic rings. The van der Waals surface area contributed by atoms with Crippen molar-refractivity contribution in [1.29, 1.82) is 0 Å². The number of hydrogen-bond donors (Lipinski definition) is 3. The van der Waals surface area contributed by atoms with Crippen LogP contribution in [0, 0.1) is 0 Å². The Bertz CT molecular complexity index is 750. The van der Waals surface area contributed by atoms with Gasteiger partial charge in [-0.3, -0.25) is 4.90 Å². The van der Waals surface area contributed by atoms with Crippen LogP contribution in [0.5, 0.6) is 11.5 Å². The second-order valence-electron chi connectivity index (χ2n) is 6.57. The van der Waals surface area contributed by atoms with Crippen molar-refractivity contribution >= 4 is 11.9 Å².